The van der Waals surface area contributed by atoms with Gasteiger partial charge in [0.25, 0.3) is 0 Å². The van der Waals surface area contributed by atoms with Crippen LogP contribution >= 0.6 is 15.9 Å². The first-order chi connectivity index (χ1) is 8.93. The monoisotopic (exact) mass is 325 g/mol. The van der Waals surface area contributed by atoms with Crippen molar-refractivity contribution >= 4 is 15.9 Å². The second kappa shape index (κ2) is 6.83. The SMILES string of the molecule is C#CC(C)(C)NCc1cc(Br)c(OCC)c(OC)c1. The number of nitrogens with one attached hydrogen (secondary N) is 1. The van der Waals surface area contributed by atoms with Crippen LogP contribution < -0.4 is 14.8 Å². The van der Waals surface area contributed by atoms with Crippen LogP contribution in [0.1, 0.15) is 26.3 Å². The summed E-state index contributed by atoms with van der Waals surface area (Å²) in [4.78, 5) is 0. The molecule has 0 spiro atoms. The summed E-state index contributed by atoms with van der Waals surface area (Å²) in [5.41, 5.74) is 0.744. The molecule has 0 heterocycles. The van der Waals surface area contributed by atoms with Crippen molar-refractivity contribution < 1.29 is 9.47 Å². The Labute approximate surface area is 123 Å². The Morgan fingerprint density at radius 3 is 2.63 bits per heavy atom. The zero-order valence-corrected chi connectivity index (χ0v) is 13.4. The van der Waals surface area contributed by atoms with Gasteiger partial charge in [0, 0.05) is 6.54 Å². The van der Waals surface area contributed by atoms with Crippen LogP contribution in [0.5, 0.6) is 11.5 Å². The van der Waals surface area contributed by atoms with E-state index < -0.39 is 0 Å². The van der Waals surface area contributed by atoms with Gasteiger partial charge in [0.05, 0.1) is 23.7 Å². The maximum Gasteiger partial charge on any atom is 0.175 e. The highest BCUT2D eigenvalue weighted by atomic mass is 79.9. The quantitative estimate of drug-likeness (QED) is 0.813. The number of ether oxygens (including phenoxy) is 2. The first kappa shape index (κ1) is 15.9. The van der Waals surface area contributed by atoms with E-state index in [9.17, 15) is 0 Å². The van der Waals surface area contributed by atoms with E-state index in [1.807, 2.05) is 32.9 Å². The topological polar surface area (TPSA) is 30.5 Å². The second-order valence-electron chi connectivity index (χ2n) is 4.66. The van der Waals surface area contributed by atoms with Crippen molar-refractivity contribution in [3.63, 3.8) is 0 Å². The summed E-state index contributed by atoms with van der Waals surface area (Å²) in [6, 6.07) is 3.96. The molecular weight excluding hydrogens is 306 g/mol. The molecule has 0 radical (unpaired) electrons. The van der Waals surface area contributed by atoms with Gasteiger partial charge in [-0.1, -0.05) is 5.92 Å². The summed E-state index contributed by atoms with van der Waals surface area (Å²) in [5, 5.41) is 3.30. The third-order valence-corrected chi connectivity index (χ3v) is 3.26. The maximum absolute atomic E-state index is 5.56. The summed E-state index contributed by atoms with van der Waals surface area (Å²) in [6.45, 7) is 7.13. The Hall–Kier alpha value is -1.18. The molecule has 1 N–H and O–H groups in total. The molecule has 1 aromatic rings. The second-order valence-corrected chi connectivity index (χ2v) is 5.52. The lowest BCUT2D eigenvalue weighted by molar-refractivity contribution is 0.308. The van der Waals surface area contributed by atoms with Crippen molar-refractivity contribution in [2.45, 2.75) is 32.9 Å². The number of halogens is 1. The van der Waals surface area contributed by atoms with Crippen LogP contribution in [0.4, 0.5) is 0 Å². The molecule has 1 rings (SSSR count). The van der Waals surface area contributed by atoms with Crippen molar-refractivity contribution in [1.82, 2.24) is 5.32 Å². The van der Waals surface area contributed by atoms with E-state index in [4.69, 9.17) is 15.9 Å². The normalized spacial score (nSPS) is 10.9. The maximum atomic E-state index is 5.56. The van der Waals surface area contributed by atoms with Gasteiger partial charge in [0.1, 0.15) is 0 Å². The van der Waals surface area contributed by atoms with Crippen LogP contribution in [0.2, 0.25) is 0 Å². The van der Waals surface area contributed by atoms with E-state index in [1.165, 1.54) is 0 Å². The molecule has 0 unspecified atom stereocenters. The molecule has 0 aliphatic carbocycles. The standard InChI is InChI=1S/C15H20BrNO2/c1-6-15(3,4)17-10-11-8-12(16)14(19-7-2)13(9-11)18-5/h1,8-9,17H,7,10H2,2-5H3. The van der Waals surface area contributed by atoms with E-state index >= 15 is 0 Å². The molecule has 0 aliphatic heterocycles. The Kier molecular flexibility index (Phi) is 5.71. The molecule has 0 amide bonds. The highest BCUT2D eigenvalue weighted by Gasteiger charge is 2.15. The average Bonchev–Trinajstić information content (AvgIpc) is 2.39. The fraction of sp³-hybridized carbons (Fsp3) is 0.467. The van der Waals surface area contributed by atoms with Crippen molar-refractivity contribution in [2.24, 2.45) is 0 Å². The predicted octanol–water partition coefficient (Wildman–Crippen LogP) is 3.36. The molecule has 0 saturated heterocycles. The molecule has 3 nitrogen and oxygen atoms in total. The first-order valence-electron chi connectivity index (χ1n) is 6.15. The lowest BCUT2D eigenvalue weighted by Gasteiger charge is -2.20. The molecule has 0 atom stereocenters. The summed E-state index contributed by atoms with van der Waals surface area (Å²) in [5.74, 6) is 4.15. The molecule has 19 heavy (non-hydrogen) atoms. The lowest BCUT2D eigenvalue weighted by atomic mass is 10.1. The Bertz CT molecular complexity index is 478. The summed E-state index contributed by atoms with van der Waals surface area (Å²) in [6.07, 6.45) is 5.45. The molecule has 1 aromatic carbocycles. The van der Waals surface area contributed by atoms with Gasteiger partial charge in [-0.15, -0.1) is 6.42 Å². The van der Waals surface area contributed by atoms with Gasteiger partial charge in [-0.3, -0.25) is 5.32 Å². The summed E-state index contributed by atoms with van der Waals surface area (Å²) < 4.78 is 11.8. The van der Waals surface area contributed by atoms with E-state index in [0.717, 1.165) is 15.8 Å². The first-order valence-corrected chi connectivity index (χ1v) is 6.94. The van der Waals surface area contributed by atoms with E-state index in [2.05, 4.69) is 27.2 Å². The molecule has 0 fully saturated rings. The fourth-order valence-corrected chi connectivity index (χ4v) is 2.14. The smallest absolute Gasteiger partial charge is 0.175 e. The largest absolute Gasteiger partial charge is 0.493 e. The van der Waals surface area contributed by atoms with E-state index in [1.54, 1.807) is 7.11 Å². The van der Waals surface area contributed by atoms with Crippen LogP contribution in [0, 0.1) is 12.3 Å². The summed E-state index contributed by atoms with van der Waals surface area (Å²) in [7, 11) is 1.63. The Balaban J connectivity index is 2.93. The zero-order valence-electron chi connectivity index (χ0n) is 11.8. The van der Waals surface area contributed by atoms with Crippen LogP contribution in [-0.2, 0) is 6.54 Å². The van der Waals surface area contributed by atoms with Crippen molar-refractivity contribution in [3.8, 4) is 23.8 Å². The minimum Gasteiger partial charge on any atom is -0.493 e. The summed E-state index contributed by atoms with van der Waals surface area (Å²) >= 11 is 3.50. The minimum atomic E-state index is -0.335. The average molecular weight is 326 g/mol. The number of methoxy groups -OCH3 is 1. The van der Waals surface area contributed by atoms with E-state index in [0.29, 0.717) is 18.9 Å². The molecule has 104 valence electrons. The van der Waals surface area contributed by atoms with Crippen LogP contribution in [0.25, 0.3) is 0 Å². The number of benzene rings is 1. The molecule has 4 heteroatoms. The van der Waals surface area contributed by atoms with Gasteiger partial charge in [0.15, 0.2) is 11.5 Å². The Morgan fingerprint density at radius 1 is 1.42 bits per heavy atom. The zero-order chi connectivity index (χ0) is 14.5. The number of terminal acetylenes is 1. The highest BCUT2D eigenvalue weighted by molar-refractivity contribution is 9.10. The highest BCUT2D eigenvalue weighted by Crippen LogP contribution is 2.36. The van der Waals surface area contributed by atoms with Crippen LogP contribution in [0.15, 0.2) is 16.6 Å². The van der Waals surface area contributed by atoms with Crippen LogP contribution in [0.3, 0.4) is 0 Å². The van der Waals surface area contributed by atoms with Gasteiger partial charge in [-0.2, -0.15) is 0 Å². The number of hydrogen-bond donors (Lipinski definition) is 1. The van der Waals surface area contributed by atoms with Gasteiger partial charge in [-0.05, 0) is 54.4 Å². The Morgan fingerprint density at radius 2 is 2.11 bits per heavy atom. The number of rotatable bonds is 6. The molecule has 0 saturated carbocycles. The van der Waals surface area contributed by atoms with E-state index in [-0.39, 0.29) is 5.54 Å². The van der Waals surface area contributed by atoms with Gasteiger partial charge >= 0.3 is 0 Å². The van der Waals surface area contributed by atoms with Crippen LogP contribution in [-0.4, -0.2) is 19.3 Å². The fourth-order valence-electron chi connectivity index (χ4n) is 1.53. The third-order valence-electron chi connectivity index (χ3n) is 2.67. The van der Waals surface area contributed by atoms with Crippen molar-refractivity contribution in [2.75, 3.05) is 13.7 Å². The molecule has 0 aromatic heterocycles. The lowest BCUT2D eigenvalue weighted by Crippen LogP contribution is -2.36. The number of hydrogen-bond acceptors (Lipinski definition) is 3. The third kappa shape index (κ3) is 4.45. The molecule has 0 aliphatic rings. The predicted molar refractivity (Wildman–Crippen MR) is 81.6 cm³/mol. The molecular formula is C15H20BrNO2. The van der Waals surface area contributed by atoms with Gasteiger partial charge in [-0.25, -0.2) is 0 Å². The van der Waals surface area contributed by atoms with Crippen molar-refractivity contribution in [1.29, 1.82) is 0 Å². The van der Waals surface area contributed by atoms with Crippen molar-refractivity contribution in [3.05, 3.63) is 22.2 Å². The van der Waals surface area contributed by atoms with Gasteiger partial charge in [0.2, 0.25) is 0 Å². The van der Waals surface area contributed by atoms with Gasteiger partial charge < -0.3 is 9.47 Å². The molecule has 0 bridgehead atoms. The minimum absolute atomic E-state index is 0.335.